The predicted octanol–water partition coefficient (Wildman–Crippen LogP) is 1.13. The smallest absolute Gasteiger partial charge is 0.235 e. The lowest BCUT2D eigenvalue weighted by Gasteiger charge is -1.78. The number of hydrogen-bond acceptors (Lipinski definition) is 3. The third kappa shape index (κ3) is 1.23. The molecule has 0 spiro atoms. The number of Topliss-reactive ketones (excluding diaryl/α,β-unsaturated/α-hetero) is 1. The van der Waals surface area contributed by atoms with Gasteiger partial charge in [0.25, 0.3) is 0 Å². The summed E-state index contributed by atoms with van der Waals surface area (Å²) in [6.45, 7) is 0. The standard InChI is InChI=1S/C6H4O2S/c7-4-5(8)6-2-1-3-9-6/h1-4H. The molecule has 9 heavy (non-hydrogen) atoms. The molecule has 2 nitrogen and oxygen atoms in total. The van der Waals surface area contributed by atoms with E-state index < -0.39 is 5.78 Å². The maximum absolute atomic E-state index is 10.5. The molecule has 1 heterocycles. The largest absolute Gasteiger partial charge is 0.294 e. The molecule has 46 valence electrons. The summed E-state index contributed by atoms with van der Waals surface area (Å²) in [5.41, 5.74) is 0. The van der Waals surface area contributed by atoms with E-state index in [2.05, 4.69) is 0 Å². The van der Waals surface area contributed by atoms with Crippen LogP contribution in [0.15, 0.2) is 17.5 Å². The first-order valence-electron chi connectivity index (χ1n) is 2.37. The van der Waals surface area contributed by atoms with Crippen molar-refractivity contribution in [3.8, 4) is 0 Å². The van der Waals surface area contributed by atoms with E-state index in [9.17, 15) is 9.59 Å². The molecule has 0 saturated heterocycles. The minimum atomic E-state index is -0.440. The van der Waals surface area contributed by atoms with E-state index in [0.29, 0.717) is 11.2 Å². The molecule has 0 radical (unpaired) electrons. The highest BCUT2D eigenvalue weighted by Crippen LogP contribution is 2.07. The van der Waals surface area contributed by atoms with Crippen molar-refractivity contribution in [2.45, 2.75) is 0 Å². The summed E-state index contributed by atoms with van der Waals surface area (Å²) in [6.07, 6.45) is 0.325. The average molecular weight is 140 g/mol. The highest BCUT2D eigenvalue weighted by molar-refractivity contribution is 7.12. The molecule has 0 aliphatic carbocycles. The van der Waals surface area contributed by atoms with Crippen LogP contribution in [0.5, 0.6) is 0 Å². The van der Waals surface area contributed by atoms with Crippen molar-refractivity contribution >= 4 is 23.4 Å². The van der Waals surface area contributed by atoms with Crippen LogP contribution in [0.25, 0.3) is 0 Å². The van der Waals surface area contributed by atoms with Gasteiger partial charge in [0, 0.05) is 0 Å². The number of aldehydes is 1. The normalized spacial score (nSPS) is 8.89. The molecule has 0 aliphatic heterocycles. The fourth-order valence-corrected chi connectivity index (χ4v) is 1.10. The second-order valence-corrected chi connectivity index (χ2v) is 2.41. The summed E-state index contributed by atoms with van der Waals surface area (Å²) >= 11 is 1.27. The summed E-state index contributed by atoms with van der Waals surface area (Å²) in [5, 5.41) is 1.76. The Kier molecular flexibility index (Phi) is 1.75. The fraction of sp³-hybridized carbons (Fsp3) is 0. The molecule has 0 aromatic carbocycles. The van der Waals surface area contributed by atoms with Crippen molar-refractivity contribution in [1.82, 2.24) is 0 Å². The van der Waals surface area contributed by atoms with E-state index in [-0.39, 0.29) is 0 Å². The molecule has 0 bridgehead atoms. The van der Waals surface area contributed by atoms with E-state index >= 15 is 0 Å². The van der Waals surface area contributed by atoms with Gasteiger partial charge < -0.3 is 0 Å². The Hall–Kier alpha value is -0.960. The maximum atomic E-state index is 10.5. The van der Waals surface area contributed by atoms with Crippen LogP contribution in [-0.4, -0.2) is 12.1 Å². The van der Waals surface area contributed by atoms with E-state index in [1.165, 1.54) is 11.3 Å². The Morgan fingerprint density at radius 3 is 2.89 bits per heavy atom. The van der Waals surface area contributed by atoms with E-state index in [1.54, 1.807) is 17.5 Å². The first kappa shape index (κ1) is 6.16. The molecule has 1 rings (SSSR count). The van der Waals surface area contributed by atoms with Gasteiger partial charge in [-0.3, -0.25) is 9.59 Å². The molecule has 1 aromatic heterocycles. The minimum Gasteiger partial charge on any atom is -0.294 e. The van der Waals surface area contributed by atoms with Crippen molar-refractivity contribution in [2.75, 3.05) is 0 Å². The second-order valence-electron chi connectivity index (χ2n) is 1.46. The van der Waals surface area contributed by atoms with E-state index in [4.69, 9.17) is 0 Å². The highest BCUT2D eigenvalue weighted by atomic mass is 32.1. The van der Waals surface area contributed by atoms with Crippen LogP contribution in [-0.2, 0) is 4.79 Å². The van der Waals surface area contributed by atoms with Gasteiger partial charge in [0.2, 0.25) is 5.78 Å². The number of hydrogen-bond donors (Lipinski definition) is 0. The van der Waals surface area contributed by atoms with Gasteiger partial charge in [0.15, 0.2) is 6.29 Å². The third-order valence-electron chi connectivity index (χ3n) is 0.871. The van der Waals surface area contributed by atoms with Crippen molar-refractivity contribution in [2.24, 2.45) is 0 Å². The van der Waals surface area contributed by atoms with Crippen LogP contribution < -0.4 is 0 Å². The van der Waals surface area contributed by atoms with Gasteiger partial charge >= 0.3 is 0 Å². The zero-order valence-corrected chi connectivity index (χ0v) is 5.35. The lowest BCUT2D eigenvalue weighted by Crippen LogP contribution is -1.94. The molecule has 3 heteroatoms. The van der Waals surface area contributed by atoms with Crippen LogP contribution >= 0.6 is 11.3 Å². The summed E-state index contributed by atoms with van der Waals surface area (Å²) in [4.78, 5) is 20.9. The molecular formula is C6H4O2S. The molecule has 0 N–H and O–H groups in total. The van der Waals surface area contributed by atoms with Crippen LogP contribution in [0, 0.1) is 0 Å². The second kappa shape index (κ2) is 2.55. The Bertz CT molecular complexity index is 213. The quantitative estimate of drug-likeness (QED) is 0.350. The van der Waals surface area contributed by atoms with Crippen LogP contribution in [0.1, 0.15) is 9.67 Å². The molecule has 0 atom stereocenters. The van der Waals surface area contributed by atoms with Crippen LogP contribution in [0.3, 0.4) is 0 Å². The number of carbonyl (C=O) groups is 2. The molecule has 0 amide bonds. The van der Waals surface area contributed by atoms with Crippen molar-refractivity contribution in [3.05, 3.63) is 22.4 Å². The zero-order valence-electron chi connectivity index (χ0n) is 4.53. The van der Waals surface area contributed by atoms with Gasteiger partial charge in [0.05, 0.1) is 4.88 Å². The average Bonchev–Trinajstić information content (AvgIpc) is 2.37. The summed E-state index contributed by atoms with van der Waals surface area (Å²) < 4.78 is 0. The number of rotatable bonds is 2. The summed E-state index contributed by atoms with van der Waals surface area (Å²) in [5.74, 6) is -0.440. The van der Waals surface area contributed by atoms with Gasteiger partial charge in [0.1, 0.15) is 0 Å². The van der Waals surface area contributed by atoms with Crippen molar-refractivity contribution in [3.63, 3.8) is 0 Å². The van der Waals surface area contributed by atoms with Crippen molar-refractivity contribution < 1.29 is 9.59 Å². The summed E-state index contributed by atoms with van der Waals surface area (Å²) in [7, 11) is 0. The first-order valence-corrected chi connectivity index (χ1v) is 3.25. The van der Waals surface area contributed by atoms with Crippen molar-refractivity contribution in [1.29, 1.82) is 0 Å². The summed E-state index contributed by atoms with van der Waals surface area (Å²) in [6, 6.07) is 3.36. The zero-order chi connectivity index (χ0) is 6.69. The monoisotopic (exact) mass is 140 g/mol. The Labute approximate surface area is 56.1 Å². The molecular weight excluding hydrogens is 136 g/mol. The molecule has 0 saturated carbocycles. The van der Waals surface area contributed by atoms with E-state index in [0.717, 1.165) is 0 Å². The fourth-order valence-electron chi connectivity index (χ4n) is 0.477. The van der Waals surface area contributed by atoms with Gasteiger partial charge in [-0.05, 0) is 11.4 Å². The molecule has 0 unspecified atom stereocenters. The highest BCUT2D eigenvalue weighted by Gasteiger charge is 2.01. The molecule has 1 aromatic rings. The SMILES string of the molecule is O=CC(=O)c1cccs1. The number of ketones is 1. The Balaban J connectivity index is 2.89. The lowest BCUT2D eigenvalue weighted by atomic mass is 10.3. The minimum absolute atomic E-state index is 0.325. The van der Waals surface area contributed by atoms with Crippen LogP contribution in [0.4, 0.5) is 0 Å². The number of thiophene rings is 1. The van der Waals surface area contributed by atoms with Gasteiger partial charge in [-0.2, -0.15) is 0 Å². The van der Waals surface area contributed by atoms with Crippen LogP contribution in [0.2, 0.25) is 0 Å². The lowest BCUT2D eigenvalue weighted by molar-refractivity contribution is -0.104. The maximum Gasteiger partial charge on any atom is 0.235 e. The molecule has 0 fully saturated rings. The van der Waals surface area contributed by atoms with Gasteiger partial charge in [-0.1, -0.05) is 6.07 Å². The predicted molar refractivity (Wildman–Crippen MR) is 34.7 cm³/mol. The number of carbonyl (C=O) groups excluding carboxylic acids is 2. The Morgan fingerprint density at radius 2 is 2.44 bits per heavy atom. The van der Waals surface area contributed by atoms with Gasteiger partial charge in [-0.25, -0.2) is 0 Å². The first-order chi connectivity index (χ1) is 4.34. The van der Waals surface area contributed by atoms with E-state index in [1.807, 2.05) is 0 Å². The molecule has 0 aliphatic rings. The Morgan fingerprint density at radius 1 is 1.67 bits per heavy atom. The topological polar surface area (TPSA) is 34.1 Å². The van der Waals surface area contributed by atoms with Gasteiger partial charge in [-0.15, -0.1) is 11.3 Å². The third-order valence-corrected chi connectivity index (χ3v) is 1.76.